The quantitative estimate of drug-likeness (QED) is 0.921. The van der Waals surface area contributed by atoms with Gasteiger partial charge in [0, 0.05) is 26.7 Å². The molecule has 2 aromatic rings. The Morgan fingerprint density at radius 1 is 1.38 bits per heavy atom. The van der Waals surface area contributed by atoms with Crippen molar-refractivity contribution in [1.82, 2.24) is 10.3 Å². The molecule has 0 amide bonds. The van der Waals surface area contributed by atoms with Crippen LogP contribution < -0.4 is 15.0 Å². The van der Waals surface area contributed by atoms with Crippen LogP contribution in [0.2, 0.25) is 0 Å². The van der Waals surface area contributed by atoms with Gasteiger partial charge in [0.1, 0.15) is 0 Å². The zero-order valence-electron chi connectivity index (χ0n) is 12.7. The average molecular weight is 303 g/mol. The van der Waals surface area contributed by atoms with E-state index in [1.54, 1.807) is 18.4 Å². The molecule has 5 heteroatoms. The third-order valence-electron chi connectivity index (χ3n) is 3.87. The van der Waals surface area contributed by atoms with Crippen LogP contribution in [0.1, 0.15) is 28.5 Å². The highest BCUT2D eigenvalue weighted by molar-refractivity contribution is 7.15. The van der Waals surface area contributed by atoms with Gasteiger partial charge in [0.2, 0.25) is 5.88 Å². The number of hydrogen-bond acceptors (Lipinski definition) is 5. The number of methoxy groups -OCH3 is 1. The van der Waals surface area contributed by atoms with E-state index in [2.05, 4.69) is 34.6 Å². The molecule has 21 heavy (non-hydrogen) atoms. The van der Waals surface area contributed by atoms with Gasteiger partial charge in [0.15, 0.2) is 5.13 Å². The van der Waals surface area contributed by atoms with Gasteiger partial charge in [-0.2, -0.15) is 4.98 Å². The summed E-state index contributed by atoms with van der Waals surface area (Å²) in [5.74, 6) is 0.738. The van der Waals surface area contributed by atoms with Crippen molar-refractivity contribution in [2.45, 2.75) is 25.4 Å². The van der Waals surface area contributed by atoms with Crippen molar-refractivity contribution >= 4 is 16.5 Å². The smallest absolute Gasteiger partial charge is 0.230 e. The van der Waals surface area contributed by atoms with Crippen molar-refractivity contribution < 1.29 is 4.74 Å². The standard InChI is InChI=1S/C16H21N3OS/c1-19(2)16-18-15(20-3)14(21-16)10-17-13-9-8-11-6-4-5-7-12(11)13/h4-7,13,17H,8-10H2,1-3H3. The topological polar surface area (TPSA) is 37.4 Å². The highest BCUT2D eigenvalue weighted by atomic mass is 32.1. The molecule has 4 nitrogen and oxygen atoms in total. The number of hydrogen-bond donors (Lipinski definition) is 1. The van der Waals surface area contributed by atoms with E-state index in [4.69, 9.17) is 4.74 Å². The van der Waals surface area contributed by atoms with Crippen molar-refractivity contribution in [2.75, 3.05) is 26.1 Å². The third-order valence-corrected chi connectivity index (χ3v) is 5.07. The van der Waals surface area contributed by atoms with Gasteiger partial charge >= 0.3 is 0 Å². The molecular formula is C16H21N3OS. The fourth-order valence-electron chi connectivity index (χ4n) is 2.77. The molecule has 1 aromatic heterocycles. The highest BCUT2D eigenvalue weighted by Gasteiger charge is 2.22. The number of thiazole rings is 1. The lowest BCUT2D eigenvalue weighted by atomic mass is 10.1. The molecule has 1 heterocycles. The molecule has 0 fully saturated rings. The fourth-order valence-corrected chi connectivity index (χ4v) is 3.68. The molecule has 1 atom stereocenters. The van der Waals surface area contributed by atoms with Gasteiger partial charge in [-0.15, -0.1) is 0 Å². The molecule has 0 radical (unpaired) electrons. The van der Waals surface area contributed by atoms with E-state index in [1.807, 2.05) is 19.0 Å². The van der Waals surface area contributed by atoms with Crippen LogP contribution in [0.25, 0.3) is 0 Å². The van der Waals surface area contributed by atoms with Crippen LogP contribution >= 0.6 is 11.3 Å². The third kappa shape index (κ3) is 2.89. The van der Waals surface area contributed by atoms with Crippen molar-refractivity contribution in [3.05, 3.63) is 40.3 Å². The molecular weight excluding hydrogens is 282 g/mol. The molecule has 1 unspecified atom stereocenters. The minimum absolute atomic E-state index is 0.441. The Kier molecular flexibility index (Phi) is 4.12. The van der Waals surface area contributed by atoms with Crippen molar-refractivity contribution in [1.29, 1.82) is 0 Å². The number of fused-ring (bicyclic) bond motifs is 1. The lowest BCUT2D eigenvalue weighted by Gasteiger charge is -2.13. The van der Waals surface area contributed by atoms with Crippen LogP contribution in [-0.2, 0) is 13.0 Å². The molecule has 0 bridgehead atoms. The molecule has 0 saturated heterocycles. The van der Waals surface area contributed by atoms with Gasteiger partial charge in [-0.3, -0.25) is 0 Å². The number of benzene rings is 1. The summed E-state index contributed by atoms with van der Waals surface area (Å²) in [5, 5.41) is 4.63. The van der Waals surface area contributed by atoms with E-state index in [9.17, 15) is 0 Å². The first-order chi connectivity index (χ1) is 10.2. The summed E-state index contributed by atoms with van der Waals surface area (Å²) in [6.07, 6.45) is 2.33. The summed E-state index contributed by atoms with van der Waals surface area (Å²) in [5.41, 5.74) is 2.91. The van der Waals surface area contributed by atoms with Crippen LogP contribution in [0.5, 0.6) is 5.88 Å². The molecule has 112 valence electrons. The Bertz CT molecular complexity index is 624. The summed E-state index contributed by atoms with van der Waals surface area (Å²) in [4.78, 5) is 7.67. The highest BCUT2D eigenvalue weighted by Crippen LogP contribution is 2.34. The van der Waals surface area contributed by atoms with Crippen molar-refractivity contribution in [3.63, 3.8) is 0 Å². The second-order valence-electron chi connectivity index (χ2n) is 5.49. The second-order valence-corrected chi connectivity index (χ2v) is 6.56. The first kappa shape index (κ1) is 14.4. The first-order valence-electron chi connectivity index (χ1n) is 7.21. The first-order valence-corrected chi connectivity index (χ1v) is 8.03. The largest absolute Gasteiger partial charge is 0.480 e. The van der Waals surface area contributed by atoms with E-state index < -0.39 is 0 Å². The maximum atomic E-state index is 5.39. The molecule has 1 aliphatic carbocycles. The van der Waals surface area contributed by atoms with Crippen molar-refractivity contribution in [2.24, 2.45) is 0 Å². The second kappa shape index (κ2) is 6.03. The number of aromatic nitrogens is 1. The number of nitrogens with one attached hydrogen (secondary N) is 1. The van der Waals surface area contributed by atoms with Crippen molar-refractivity contribution in [3.8, 4) is 5.88 Å². The zero-order valence-corrected chi connectivity index (χ0v) is 13.5. The van der Waals surface area contributed by atoms with Gasteiger partial charge in [-0.1, -0.05) is 35.6 Å². The molecule has 0 saturated carbocycles. The Balaban J connectivity index is 1.71. The molecule has 1 aromatic carbocycles. The predicted molar refractivity (Wildman–Crippen MR) is 87.3 cm³/mol. The molecule has 3 rings (SSSR count). The molecule has 1 aliphatic rings. The summed E-state index contributed by atoms with van der Waals surface area (Å²) < 4.78 is 5.39. The maximum absolute atomic E-state index is 5.39. The van der Waals surface area contributed by atoms with E-state index in [1.165, 1.54) is 17.5 Å². The Morgan fingerprint density at radius 3 is 2.95 bits per heavy atom. The molecule has 0 spiro atoms. The van der Waals surface area contributed by atoms with E-state index in [0.29, 0.717) is 6.04 Å². The van der Waals surface area contributed by atoms with Gasteiger partial charge in [0.05, 0.1) is 12.0 Å². The van der Waals surface area contributed by atoms with Gasteiger partial charge < -0.3 is 15.0 Å². The van der Waals surface area contributed by atoms with Crippen LogP contribution in [0, 0.1) is 0 Å². The number of ether oxygens (including phenoxy) is 1. The number of nitrogens with zero attached hydrogens (tertiary/aromatic N) is 2. The maximum Gasteiger partial charge on any atom is 0.230 e. The van der Waals surface area contributed by atoms with Crippen LogP contribution in [-0.4, -0.2) is 26.2 Å². The van der Waals surface area contributed by atoms with E-state index in [0.717, 1.165) is 28.9 Å². The summed E-state index contributed by atoms with van der Waals surface area (Å²) in [7, 11) is 5.69. The minimum atomic E-state index is 0.441. The van der Waals surface area contributed by atoms with E-state index in [-0.39, 0.29) is 0 Å². The summed E-state index contributed by atoms with van der Waals surface area (Å²) in [6.45, 7) is 0.799. The van der Waals surface area contributed by atoms with Crippen LogP contribution in [0.4, 0.5) is 5.13 Å². The van der Waals surface area contributed by atoms with E-state index >= 15 is 0 Å². The van der Waals surface area contributed by atoms with Gasteiger partial charge in [0.25, 0.3) is 0 Å². The Morgan fingerprint density at radius 2 is 2.19 bits per heavy atom. The number of rotatable bonds is 5. The molecule has 1 N–H and O–H groups in total. The fraction of sp³-hybridized carbons (Fsp3) is 0.438. The Labute approximate surface area is 129 Å². The van der Waals surface area contributed by atoms with Gasteiger partial charge in [-0.05, 0) is 24.0 Å². The zero-order chi connectivity index (χ0) is 14.8. The van der Waals surface area contributed by atoms with Crippen LogP contribution in [0.3, 0.4) is 0 Å². The lowest BCUT2D eigenvalue weighted by molar-refractivity contribution is 0.393. The minimum Gasteiger partial charge on any atom is -0.480 e. The lowest BCUT2D eigenvalue weighted by Crippen LogP contribution is -2.18. The number of aryl methyl sites for hydroxylation is 1. The van der Waals surface area contributed by atoms with Gasteiger partial charge in [-0.25, -0.2) is 0 Å². The number of anilines is 1. The normalized spacial score (nSPS) is 16.8. The summed E-state index contributed by atoms with van der Waals surface area (Å²) in [6, 6.07) is 9.15. The average Bonchev–Trinajstić information content (AvgIpc) is 3.09. The summed E-state index contributed by atoms with van der Waals surface area (Å²) >= 11 is 1.68. The monoisotopic (exact) mass is 303 g/mol. The Hall–Kier alpha value is -1.59. The SMILES string of the molecule is COc1nc(N(C)C)sc1CNC1CCc2ccccc21. The predicted octanol–water partition coefficient (Wildman–Crippen LogP) is 2.99. The molecule has 0 aliphatic heterocycles. The van der Waals surface area contributed by atoms with Crippen LogP contribution in [0.15, 0.2) is 24.3 Å².